The number of nitrogens with zero attached hydrogens (tertiary/aromatic N) is 2. The van der Waals surface area contributed by atoms with E-state index in [1.807, 2.05) is 72.2 Å². The average Bonchev–Trinajstić information content (AvgIpc) is 4.26. The molecule has 8 aromatic rings. The maximum Gasteiger partial charge on any atom is 0.339 e. The molecule has 0 aliphatic carbocycles. The van der Waals surface area contributed by atoms with Crippen molar-refractivity contribution in [1.29, 1.82) is 0 Å². The lowest BCUT2D eigenvalue weighted by molar-refractivity contribution is -0.851. The lowest BCUT2D eigenvalue weighted by atomic mass is 10.2. The van der Waals surface area contributed by atoms with Gasteiger partial charge in [0, 0.05) is 57.9 Å². The molecule has 0 atom stereocenters. The Labute approximate surface area is 561 Å². The summed E-state index contributed by atoms with van der Waals surface area (Å²) in [6.45, 7) is 1.93. The third-order valence-corrected chi connectivity index (χ3v) is 11.2. The highest BCUT2D eigenvalue weighted by Crippen LogP contribution is 2.61. The van der Waals surface area contributed by atoms with Crippen LogP contribution < -0.4 is 22.1 Å². The number of amides is 3. The number of ether oxygens (including phenoxy) is 1. The number of nitrogens with one attached hydrogen (secondary N) is 3. The largest absolute Gasteiger partial charge is 0.465 e. The maximum atomic E-state index is 11.8. The predicted molar refractivity (Wildman–Crippen MR) is 337 cm³/mol. The molecule has 0 aliphatic heterocycles. The predicted octanol–water partition coefficient (Wildman–Crippen LogP) is 15.0. The Balaban J connectivity index is 0.000000524. The standard InChI is InChI=1S/C14H11BrN2O2.C14H9BrN2O.C8H7BrO2.C7H7BrN2O.C7H5ClO.C2H6O.BrHO11.Cl3OP/c15-12-8-6-11(7-9-12)14(19)17-16-13(18)10-4-2-1-3-5-10;15-12-8-6-11(7-9-12)14-17-16-13(18-14)10-4-2-1-3-5-10;1-11-8(10)6-2-4-7(9)5-3-6;8-6-3-1-5(2-4-6)7(11)10-9;8-7(9)6-4-2-1-3-5-6;1-2-3;1-3-5-7-9-11-12-10-8-6-4-2;1-5(2,3)4/h1-9H,(H,16,18)(H,17,19);1-9H;2-5H,1H3;1-4H,9H2,(H,10,11);1-5H;3H,2H2,1H3;2H;. The monoisotopic (exact) mass is 1640 g/mol. The first-order valence-electron chi connectivity index (χ1n) is 23.2. The summed E-state index contributed by atoms with van der Waals surface area (Å²) < 4.78 is 27.2. The smallest absolute Gasteiger partial charge is 0.339 e. The van der Waals surface area contributed by atoms with Gasteiger partial charge in [-0.3, -0.25) is 40.0 Å². The van der Waals surface area contributed by atoms with Gasteiger partial charge in [0.15, 0.2) is 0 Å². The molecule has 8 rings (SSSR count). The average molecular weight is 1650 g/mol. The van der Waals surface area contributed by atoms with E-state index in [9.17, 15) is 28.5 Å². The summed E-state index contributed by atoms with van der Waals surface area (Å²) in [6, 6.07) is 55.7. The Morgan fingerprint density at radius 1 is 0.511 bits per heavy atom. The normalized spacial score (nSPS) is 9.80. The number of rotatable bonds is 16. The first kappa shape index (κ1) is 80.5. The Bertz CT molecular complexity index is 3180. The van der Waals surface area contributed by atoms with Crippen LogP contribution in [-0.4, -0.2) is 63.2 Å². The van der Waals surface area contributed by atoms with Crippen LogP contribution in [0.15, 0.2) is 210 Å². The molecule has 472 valence electrons. The summed E-state index contributed by atoms with van der Waals surface area (Å²) in [4.78, 5) is 55.6. The van der Waals surface area contributed by atoms with Crippen LogP contribution in [0.1, 0.15) is 58.7 Å². The van der Waals surface area contributed by atoms with Gasteiger partial charge < -0.3 is 14.3 Å². The molecule has 36 heteroatoms. The molecular weight excluding hydrogens is 1600 g/mol. The number of hydrogen-bond donors (Lipinski definition) is 6. The number of methoxy groups -OCH3 is 1. The summed E-state index contributed by atoms with van der Waals surface area (Å²) in [7, 11) is 1.37. The molecule has 1 heterocycles. The van der Waals surface area contributed by atoms with Gasteiger partial charge in [-0.15, -0.1) is 14.2 Å². The molecule has 0 unspecified atom stereocenters. The molecule has 1 aromatic heterocycles. The van der Waals surface area contributed by atoms with Crippen LogP contribution in [0.25, 0.3) is 22.9 Å². The van der Waals surface area contributed by atoms with E-state index in [4.69, 9.17) is 32.2 Å². The summed E-state index contributed by atoms with van der Waals surface area (Å²) in [5.41, 5.74) is 11.2. The van der Waals surface area contributed by atoms with Crippen molar-refractivity contribution in [3.8, 4) is 22.9 Å². The Hall–Kier alpha value is -5.50. The van der Waals surface area contributed by atoms with Crippen molar-refractivity contribution < 1.29 is 97.4 Å². The van der Waals surface area contributed by atoms with Crippen LogP contribution in [0.2, 0.25) is 0 Å². The summed E-state index contributed by atoms with van der Waals surface area (Å²) >= 11 is 34.5. The molecule has 3 amide bonds. The van der Waals surface area contributed by atoms with Gasteiger partial charge in [0.2, 0.25) is 11.8 Å². The molecule has 7 N–H and O–H groups in total. The fraction of sp³-hybridized carbons (Fsp3) is 0.0577. The minimum atomic E-state index is -3.22. The summed E-state index contributed by atoms with van der Waals surface area (Å²) in [5.74, 6) is 4.69. The van der Waals surface area contributed by atoms with E-state index in [0.29, 0.717) is 39.6 Å². The number of nitrogen functional groups attached to an aromatic ring is 1. The van der Waals surface area contributed by atoms with Crippen molar-refractivity contribution in [1.82, 2.24) is 26.5 Å². The van der Waals surface area contributed by atoms with Crippen LogP contribution in [0.5, 0.6) is 0 Å². The highest BCUT2D eigenvalue weighted by atomic mass is 79.9. The third-order valence-electron chi connectivity index (χ3n) is 8.72. The topological polar surface area (TPSA) is 345 Å². The van der Waals surface area contributed by atoms with Crippen molar-refractivity contribution in [3.63, 3.8) is 0 Å². The van der Waals surface area contributed by atoms with E-state index >= 15 is 0 Å². The van der Waals surface area contributed by atoms with Crippen molar-refractivity contribution in [3.05, 3.63) is 234 Å². The number of benzene rings is 7. The van der Waals surface area contributed by atoms with Crippen molar-refractivity contribution in [2.24, 2.45) is 5.84 Å². The Morgan fingerprint density at radius 3 is 1.16 bits per heavy atom. The summed E-state index contributed by atoms with van der Waals surface area (Å²) in [6.07, 6.45) is 0. The van der Waals surface area contributed by atoms with Gasteiger partial charge in [-0.05, 0) is 219 Å². The van der Waals surface area contributed by atoms with E-state index in [2.05, 4.69) is 189 Å². The molecule has 7 aromatic carbocycles. The van der Waals surface area contributed by atoms with E-state index < -0.39 is 10.4 Å². The van der Waals surface area contributed by atoms with Crippen LogP contribution in [0, 0.1) is 0 Å². The number of carbonyl (C=O) groups is 5. The van der Waals surface area contributed by atoms with Gasteiger partial charge in [0.25, 0.3) is 23.0 Å². The molecule has 0 saturated heterocycles. The molecule has 0 bridgehead atoms. The highest BCUT2D eigenvalue weighted by molar-refractivity contribution is 9.11. The fourth-order valence-electron chi connectivity index (χ4n) is 5.13. The molecular formula is C52H46Br5Cl4N6O20P. The lowest BCUT2D eigenvalue weighted by Gasteiger charge is -2.07. The number of carbonyl (C=O) groups excluding carboxylic acids is 5. The molecule has 0 fully saturated rings. The quantitative estimate of drug-likeness (QED) is 0.00765. The van der Waals surface area contributed by atoms with E-state index in [0.717, 1.165) is 29.0 Å². The van der Waals surface area contributed by atoms with Crippen LogP contribution in [-0.2, 0) is 58.6 Å². The first-order valence-corrected chi connectivity index (χ1v) is 31.9. The minimum absolute atomic E-state index is 0.250. The van der Waals surface area contributed by atoms with E-state index in [-0.39, 0.29) is 30.3 Å². The maximum absolute atomic E-state index is 11.8. The van der Waals surface area contributed by atoms with Gasteiger partial charge in [-0.25, -0.2) is 15.9 Å². The Morgan fingerprint density at radius 2 is 0.818 bits per heavy atom. The lowest BCUT2D eigenvalue weighted by Crippen LogP contribution is -2.41. The van der Waals surface area contributed by atoms with Gasteiger partial charge in [-0.1, -0.05) is 130 Å². The van der Waals surface area contributed by atoms with Gasteiger partial charge in [0.1, 0.15) is 16.3 Å². The number of halogens is 9. The molecule has 0 aliphatic rings. The summed E-state index contributed by atoms with van der Waals surface area (Å²) in [5, 5.41) is 49.8. The second kappa shape index (κ2) is 49.3. The van der Waals surface area contributed by atoms with E-state index in [1.54, 1.807) is 128 Å². The number of hydrogen-bond acceptors (Lipinski definition) is 23. The second-order valence-electron chi connectivity index (χ2n) is 14.6. The number of esters is 1. The van der Waals surface area contributed by atoms with Gasteiger partial charge >= 0.3 is 11.2 Å². The van der Waals surface area contributed by atoms with E-state index in [1.165, 1.54) is 7.11 Å². The van der Waals surface area contributed by atoms with Gasteiger partial charge in [0.05, 0.1) is 12.7 Å². The number of aliphatic hydroxyl groups is 1. The Kier molecular flexibility index (Phi) is 45.1. The number of aliphatic hydroxyl groups excluding tert-OH is 1. The highest BCUT2D eigenvalue weighted by Gasteiger charge is 2.11. The third kappa shape index (κ3) is 39.5. The first-order chi connectivity index (χ1) is 42.1. The molecule has 0 spiro atoms. The van der Waals surface area contributed by atoms with Crippen molar-refractivity contribution in [2.75, 3.05) is 13.7 Å². The van der Waals surface area contributed by atoms with Crippen molar-refractivity contribution >= 4 is 159 Å². The second-order valence-corrected chi connectivity index (χ2v) is 25.5. The van der Waals surface area contributed by atoms with Gasteiger partial charge in [-0.2, -0.15) is 0 Å². The zero-order chi connectivity index (χ0) is 65.5. The number of nitrogens with two attached hydrogens (primary N) is 1. The molecule has 26 nitrogen and oxygen atoms in total. The van der Waals surface area contributed by atoms with Crippen LogP contribution in [0.3, 0.4) is 0 Å². The number of aromatic nitrogens is 2. The zero-order valence-corrected chi connectivity index (χ0v) is 56.5. The zero-order valence-electron chi connectivity index (χ0n) is 44.7. The minimum Gasteiger partial charge on any atom is -0.465 e. The van der Waals surface area contributed by atoms with Crippen LogP contribution in [0.4, 0.5) is 0 Å². The fourth-order valence-corrected chi connectivity index (χ4v) is 6.35. The van der Waals surface area contributed by atoms with Crippen LogP contribution >= 0.6 is 131 Å². The molecule has 0 saturated carbocycles. The number of hydrazine groups is 2. The van der Waals surface area contributed by atoms with Crippen molar-refractivity contribution in [2.45, 2.75) is 6.92 Å². The molecule has 88 heavy (non-hydrogen) atoms. The molecule has 0 radical (unpaired) electrons. The SMILES string of the molecule is Brc1ccc(-c2nnc(-c3ccccc3)o2)cc1.CCO.COC(=O)c1ccc(Br)cc1.NNC(=O)c1ccc(Br)cc1.O=C(Cl)c1ccccc1.O=C(NNC(=O)c1ccc(Br)cc1)c1ccccc1.O=P(Cl)(Cl)Cl.OOOOOOOOOOOBr.